The molecule has 0 atom stereocenters. The normalized spacial score (nSPS) is 11.8. The van der Waals surface area contributed by atoms with Crippen molar-refractivity contribution in [2.24, 2.45) is 0 Å². The van der Waals surface area contributed by atoms with Crippen LogP contribution in [0.4, 0.5) is 10.2 Å². The summed E-state index contributed by atoms with van der Waals surface area (Å²) < 4.78 is 19.4. The molecule has 8 heteroatoms. The highest BCUT2D eigenvalue weighted by atomic mass is 19.1. The maximum Gasteiger partial charge on any atom is 0.366 e. The highest BCUT2D eigenvalue weighted by Gasteiger charge is 2.10. The van der Waals surface area contributed by atoms with Crippen LogP contribution in [0.15, 0.2) is 24.6 Å². The zero-order valence-corrected chi connectivity index (χ0v) is 10.2. The third-order valence-electron chi connectivity index (χ3n) is 2.37. The first-order valence-electron chi connectivity index (χ1n) is 5.57. The van der Waals surface area contributed by atoms with E-state index in [1.54, 1.807) is 11.5 Å². The lowest BCUT2D eigenvalue weighted by Gasteiger charge is -2.01. The third kappa shape index (κ3) is 2.67. The molecule has 2 aromatic rings. The molecule has 2 N–H and O–H groups in total. The fourth-order valence-electron chi connectivity index (χ4n) is 1.49. The summed E-state index contributed by atoms with van der Waals surface area (Å²) in [5.74, 6) is -1.69. The Labute approximate surface area is 107 Å². The Morgan fingerprint density at radius 1 is 1.53 bits per heavy atom. The van der Waals surface area contributed by atoms with Gasteiger partial charge in [0.05, 0.1) is 12.9 Å². The molecule has 0 aliphatic rings. The van der Waals surface area contributed by atoms with E-state index in [0.717, 1.165) is 6.08 Å². The predicted molar refractivity (Wildman–Crippen MR) is 65.6 cm³/mol. The Morgan fingerprint density at radius 2 is 2.32 bits per heavy atom. The zero-order chi connectivity index (χ0) is 13.8. The number of esters is 1. The average Bonchev–Trinajstić information content (AvgIpc) is 2.81. The van der Waals surface area contributed by atoms with Crippen molar-refractivity contribution >= 4 is 23.0 Å². The lowest BCUT2D eigenvalue weighted by Crippen LogP contribution is -2.05. The van der Waals surface area contributed by atoms with Crippen LogP contribution < -0.4 is 5.73 Å². The summed E-state index contributed by atoms with van der Waals surface area (Å²) in [6.07, 6.45) is 3.84. The maximum atomic E-state index is 13.4. The lowest BCUT2D eigenvalue weighted by atomic mass is 10.4. The number of allylic oxidation sites excluding steroid dienone is 1. The molecule has 100 valence electrons. The van der Waals surface area contributed by atoms with Crippen LogP contribution in [-0.4, -0.2) is 32.1 Å². The first-order valence-corrected chi connectivity index (χ1v) is 5.57. The topological polar surface area (TPSA) is 95.9 Å². The number of halogens is 1. The van der Waals surface area contributed by atoms with E-state index in [1.807, 2.05) is 0 Å². The largest absolute Gasteiger partial charge is 0.461 e. The van der Waals surface area contributed by atoms with Crippen molar-refractivity contribution in [3.8, 4) is 0 Å². The number of fused-ring (bicyclic) bond motifs is 1. The smallest absolute Gasteiger partial charge is 0.366 e. The van der Waals surface area contributed by atoms with Crippen molar-refractivity contribution in [3.63, 3.8) is 0 Å². The van der Waals surface area contributed by atoms with E-state index in [9.17, 15) is 9.18 Å². The number of anilines is 1. The molecule has 0 unspecified atom stereocenters. The van der Waals surface area contributed by atoms with Crippen molar-refractivity contribution in [1.29, 1.82) is 0 Å². The quantitative estimate of drug-likeness (QED) is 0.649. The molecule has 2 heterocycles. The van der Waals surface area contributed by atoms with Crippen LogP contribution in [0.5, 0.6) is 0 Å². The van der Waals surface area contributed by atoms with Gasteiger partial charge in [0.2, 0.25) is 5.83 Å². The number of nitrogens with zero attached hydrogens (tertiary/aromatic N) is 4. The second-order valence-electron chi connectivity index (χ2n) is 3.60. The summed E-state index contributed by atoms with van der Waals surface area (Å²) in [5.41, 5.74) is 6.53. The molecular formula is C11H12FN5O2. The monoisotopic (exact) mass is 265 g/mol. The SMILES string of the molecule is CCOC(=O)/C(F)=C\Cn1cnc2c(N)ncnc21. The van der Waals surface area contributed by atoms with E-state index < -0.39 is 11.8 Å². The number of nitrogens with two attached hydrogens (primary N) is 1. The van der Waals surface area contributed by atoms with Crippen LogP contribution in [0.2, 0.25) is 0 Å². The van der Waals surface area contributed by atoms with Crippen molar-refractivity contribution in [3.05, 3.63) is 24.6 Å². The van der Waals surface area contributed by atoms with Gasteiger partial charge in [0.15, 0.2) is 11.5 Å². The molecule has 0 amide bonds. The number of hydrogen-bond donors (Lipinski definition) is 1. The van der Waals surface area contributed by atoms with Crippen LogP contribution in [0, 0.1) is 0 Å². The molecule has 0 aliphatic heterocycles. The van der Waals surface area contributed by atoms with E-state index >= 15 is 0 Å². The van der Waals surface area contributed by atoms with Gasteiger partial charge in [-0.25, -0.2) is 19.7 Å². The molecule has 0 aromatic carbocycles. The average molecular weight is 265 g/mol. The molecule has 0 saturated carbocycles. The minimum atomic E-state index is -0.985. The maximum absolute atomic E-state index is 13.4. The Morgan fingerprint density at radius 3 is 3.05 bits per heavy atom. The van der Waals surface area contributed by atoms with Gasteiger partial charge in [-0.15, -0.1) is 0 Å². The van der Waals surface area contributed by atoms with Gasteiger partial charge < -0.3 is 15.0 Å². The van der Waals surface area contributed by atoms with Gasteiger partial charge >= 0.3 is 5.97 Å². The summed E-state index contributed by atoms with van der Waals surface area (Å²) in [7, 11) is 0. The Hall–Kier alpha value is -2.51. The third-order valence-corrected chi connectivity index (χ3v) is 2.37. The molecule has 7 nitrogen and oxygen atoms in total. The summed E-state index contributed by atoms with van der Waals surface area (Å²) in [6.45, 7) is 1.82. The summed E-state index contributed by atoms with van der Waals surface area (Å²) in [5, 5.41) is 0. The molecule has 0 aliphatic carbocycles. The number of aromatic nitrogens is 4. The highest BCUT2D eigenvalue weighted by molar-refractivity contribution is 5.86. The molecule has 0 spiro atoms. The fraction of sp³-hybridized carbons (Fsp3) is 0.273. The fourth-order valence-corrected chi connectivity index (χ4v) is 1.49. The summed E-state index contributed by atoms with van der Waals surface area (Å²) in [4.78, 5) is 22.9. The van der Waals surface area contributed by atoms with Gasteiger partial charge in [0, 0.05) is 6.54 Å². The van der Waals surface area contributed by atoms with Crippen molar-refractivity contribution in [1.82, 2.24) is 19.5 Å². The minimum Gasteiger partial charge on any atom is -0.461 e. The Kier molecular flexibility index (Phi) is 3.69. The number of imidazole rings is 1. The molecule has 2 rings (SSSR count). The number of hydrogen-bond acceptors (Lipinski definition) is 6. The van der Waals surface area contributed by atoms with Gasteiger partial charge in [-0.1, -0.05) is 0 Å². The van der Waals surface area contributed by atoms with E-state index in [-0.39, 0.29) is 19.0 Å². The molecule has 0 bridgehead atoms. The van der Waals surface area contributed by atoms with E-state index in [4.69, 9.17) is 5.73 Å². The van der Waals surface area contributed by atoms with Crippen LogP contribution in [0.3, 0.4) is 0 Å². The summed E-state index contributed by atoms with van der Waals surface area (Å²) in [6, 6.07) is 0. The number of carbonyl (C=O) groups is 1. The van der Waals surface area contributed by atoms with Gasteiger partial charge in [-0.05, 0) is 13.0 Å². The highest BCUT2D eigenvalue weighted by Crippen LogP contribution is 2.14. The van der Waals surface area contributed by atoms with Crippen LogP contribution in [-0.2, 0) is 16.1 Å². The van der Waals surface area contributed by atoms with Crippen molar-refractivity contribution in [2.45, 2.75) is 13.5 Å². The Balaban J connectivity index is 2.21. The lowest BCUT2D eigenvalue weighted by molar-refractivity contribution is -0.140. The molecule has 2 aromatic heterocycles. The number of nitrogen functional groups attached to an aromatic ring is 1. The van der Waals surface area contributed by atoms with Gasteiger partial charge in [-0.2, -0.15) is 4.39 Å². The molecule has 19 heavy (non-hydrogen) atoms. The second-order valence-corrected chi connectivity index (χ2v) is 3.60. The minimum absolute atomic E-state index is 0.0948. The van der Waals surface area contributed by atoms with E-state index in [0.29, 0.717) is 11.2 Å². The van der Waals surface area contributed by atoms with Crippen LogP contribution in [0.1, 0.15) is 6.92 Å². The molecule has 0 fully saturated rings. The molecule has 0 radical (unpaired) electrons. The van der Waals surface area contributed by atoms with E-state index in [2.05, 4.69) is 19.7 Å². The predicted octanol–water partition coefficient (Wildman–Crippen LogP) is 0.825. The number of ether oxygens (including phenoxy) is 1. The van der Waals surface area contributed by atoms with Crippen molar-refractivity contribution < 1.29 is 13.9 Å². The van der Waals surface area contributed by atoms with Crippen LogP contribution >= 0.6 is 0 Å². The van der Waals surface area contributed by atoms with E-state index in [1.165, 1.54) is 12.7 Å². The van der Waals surface area contributed by atoms with Crippen LogP contribution in [0.25, 0.3) is 11.2 Å². The van der Waals surface area contributed by atoms with Crippen molar-refractivity contribution in [2.75, 3.05) is 12.3 Å². The molecule has 0 saturated heterocycles. The summed E-state index contributed by atoms with van der Waals surface area (Å²) >= 11 is 0. The first kappa shape index (κ1) is 12.9. The van der Waals surface area contributed by atoms with Gasteiger partial charge in [0.1, 0.15) is 11.8 Å². The van der Waals surface area contributed by atoms with Gasteiger partial charge in [-0.3, -0.25) is 0 Å². The number of carbonyl (C=O) groups excluding carboxylic acids is 1. The van der Waals surface area contributed by atoms with Gasteiger partial charge in [0.25, 0.3) is 0 Å². The Bertz CT molecular complexity index is 637. The first-order chi connectivity index (χ1) is 9.13. The molecular weight excluding hydrogens is 253 g/mol. The zero-order valence-electron chi connectivity index (χ0n) is 10.2. The second kappa shape index (κ2) is 5.42. The number of rotatable bonds is 4. The standard InChI is InChI=1S/C11H12FN5O2/c1-2-19-11(18)7(12)3-4-17-6-16-8-9(13)14-5-15-10(8)17/h3,5-6H,2,4H2,1H3,(H2,13,14,15)/b7-3+.